The van der Waals surface area contributed by atoms with Crippen LogP contribution in [0, 0.1) is 6.92 Å². The summed E-state index contributed by atoms with van der Waals surface area (Å²) in [6, 6.07) is 14.1. The van der Waals surface area contributed by atoms with Crippen LogP contribution >= 0.6 is 11.6 Å². The van der Waals surface area contributed by atoms with Gasteiger partial charge in [-0.05, 0) is 54.4 Å². The molecule has 1 fully saturated rings. The van der Waals surface area contributed by atoms with Gasteiger partial charge >= 0.3 is 0 Å². The number of halogens is 1. The number of amides is 1. The van der Waals surface area contributed by atoms with Crippen molar-refractivity contribution in [3.63, 3.8) is 0 Å². The van der Waals surface area contributed by atoms with E-state index in [1.165, 1.54) is 10.4 Å². The molecule has 1 amide bonds. The molecule has 0 radical (unpaired) electrons. The van der Waals surface area contributed by atoms with E-state index in [4.69, 9.17) is 31.5 Å². The van der Waals surface area contributed by atoms with Gasteiger partial charge in [0.1, 0.15) is 29.0 Å². The number of ether oxygens (including phenoxy) is 3. The van der Waals surface area contributed by atoms with E-state index in [1.807, 2.05) is 31.2 Å². The first-order valence-corrected chi connectivity index (χ1v) is 14.0. The van der Waals surface area contributed by atoms with Gasteiger partial charge in [0.25, 0.3) is 5.91 Å². The van der Waals surface area contributed by atoms with E-state index in [1.54, 1.807) is 31.5 Å². The first-order valence-electron chi connectivity index (χ1n) is 12.1. The van der Waals surface area contributed by atoms with Gasteiger partial charge in [-0.15, -0.1) is 0 Å². The average molecular weight is 571 g/mol. The molecular formula is C27H27ClN4O6S. The number of pyridine rings is 1. The molecule has 3 N–H and O–H groups in total. The molecule has 1 atom stereocenters. The van der Waals surface area contributed by atoms with Gasteiger partial charge in [0.05, 0.1) is 13.7 Å². The van der Waals surface area contributed by atoms with Crippen LogP contribution in [0.5, 0.6) is 11.6 Å². The van der Waals surface area contributed by atoms with E-state index >= 15 is 0 Å². The highest BCUT2D eigenvalue weighted by atomic mass is 35.5. The van der Waals surface area contributed by atoms with Crippen LogP contribution in [-0.4, -0.2) is 68.1 Å². The molecular weight excluding hydrogens is 544 g/mol. The molecule has 4 aromatic rings. The van der Waals surface area contributed by atoms with Crippen molar-refractivity contribution in [2.45, 2.75) is 17.9 Å². The summed E-state index contributed by atoms with van der Waals surface area (Å²) >= 11 is 6.13. The molecule has 2 aromatic heterocycles. The van der Waals surface area contributed by atoms with Crippen LogP contribution in [0.25, 0.3) is 22.0 Å². The number of nitrogens with two attached hydrogens (primary N) is 1. The molecule has 1 aliphatic heterocycles. The number of H-pyrrole nitrogens is 1. The van der Waals surface area contributed by atoms with Crippen molar-refractivity contribution in [3.8, 4) is 22.8 Å². The smallest absolute Gasteiger partial charge is 0.266 e. The number of methoxy groups -OCH3 is 1. The molecule has 0 spiro atoms. The van der Waals surface area contributed by atoms with Gasteiger partial charge in [-0.2, -0.15) is 4.31 Å². The number of aromatic nitrogens is 2. The molecule has 3 heterocycles. The van der Waals surface area contributed by atoms with Gasteiger partial charge in [0.15, 0.2) is 0 Å². The van der Waals surface area contributed by atoms with Crippen molar-refractivity contribution in [2.75, 3.05) is 33.4 Å². The number of hydrogen-bond acceptors (Lipinski definition) is 7. The number of aromatic amines is 1. The van der Waals surface area contributed by atoms with Crippen molar-refractivity contribution in [1.29, 1.82) is 0 Å². The molecule has 0 aliphatic carbocycles. The average Bonchev–Trinajstić information content (AvgIpc) is 3.33. The summed E-state index contributed by atoms with van der Waals surface area (Å²) < 4.78 is 45.7. The molecule has 10 nitrogen and oxygen atoms in total. The standard InChI is InChI=1S/C27H27ClN4O6S/c1-16-3-6-19(12-21(16)17-4-8-24(36-2)30-13-17)38-15-20-14-32(9-10-37-20)39(34,35)26-22-11-18(28)5-7-23(22)31-25(26)27(29)33/h3-8,11-13,20,31H,9-10,14-15H2,1-2H3,(H2,29,33). The van der Waals surface area contributed by atoms with Crippen molar-refractivity contribution in [3.05, 3.63) is 71.0 Å². The molecule has 12 heteroatoms. The fraction of sp³-hybridized carbons (Fsp3) is 0.259. The third-order valence-corrected chi connectivity index (χ3v) is 8.75. The Bertz CT molecular complexity index is 1640. The monoisotopic (exact) mass is 570 g/mol. The zero-order chi connectivity index (χ0) is 27.7. The highest BCUT2D eigenvalue weighted by Gasteiger charge is 2.36. The predicted molar refractivity (Wildman–Crippen MR) is 147 cm³/mol. The number of sulfonamides is 1. The molecule has 204 valence electrons. The van der Waals surface area contributed by atoms with E-state index in [2.05, 4.69) is 9.97 Å². The van der Waals surface area contributed by atoms with Crippen molar-refractivity contribution >= 4 is 38.4 Å². The Labute approximate surface area is 230 Å². The second kappa shape index (κ2) is 10.9. The number of benzene rings is 2. The minimum absolute atomic E-state index is 0.0366. The Hall–Kier alpha value is -3.64. The Kier molecular flexibility index (Phi) is 7.50. The van der Waals surface area contributed by atoms with E-state index in [0.717, 1.165) is 16.7 Å². The van der Waals surface area contributed by atoms with Gasteiger partial charge in [-0.3, -0.25) is 4.79 Å². The summed E-state index contributed by atoms with van der Waals surface area (Å²) in [6.45, 7) is 2.43. The maximum Gasteiger partial charge on any atom is 0.266 e. The van der Waals surface area contributed by atoms with Crippen LogP contribution in [0.3, 0.4) is 0 Å². The van der Waals surface area contributed by atoms with Crippen LogP contribution < -0.4 is 15.2 Å². The molecule has 1 unspecified atom stereocenters. The minimum Gasteiger partial charge on any atom is -0.491 e. The van der Waals surface area contributed by atoms with Gasteiger partial charge in [0, 0.05) is 46.8 Å². The number of carbonyl (C=O) groups is 1. The summed E-state index contributed by atoms with van der Waals surface area (Å²) in [5.41, 5.74) is 8.69. The zero-order valence-electron chi connectivity index (χ0n) is 21.3. The Morgan fingerprint density at radius 1 is 1.23 bits per heavy atom. The van der Waals surface area contributed by atoms with Crippen LogP contribution in [0.1, 0.15) is 16.1 Å². The lowest BCUT2D eigenvalue weighted by molar-refractivity contribution is -0.0249. The number of rotatable bonds is 8. The van der Waals surface area contributed by atoms with Gasteiger partial charge in [-0.25, -0.2) is 13.4 Å². The Morgan fingerprint density at radius 2 is 2.05 bits per heavy atom. The fourth-order valence-corrected chi connectivity index (χ4v) is 6.54. The van der Waals surface area contributed by atoms with Crippen LogP contribution in [0.2, 0.25) is 5.02 Å². The van der Waals surface area contributed by atoms with Gasteiger partial charge in [-0.1, -0.05) is 17.7 Å². The van der Waals surface area contributed by atoms with E-state index < -0.39 is 22.0 Å². The SMILES string of the molecule is COc1ccc(-c2cc(OCC3CN(S(=O)(=O)c4c(C(N)=O)[nH]c5ccc(Cl)cc45)CCO3)ccc2C)cn1. The molecule has 0 bridgehead atoms. The van der Waals surface area contributed by atoms with Gasteiger partial charge in [0.2, 0.25) is 15.9 Å². The largest absolute Gasteiger partial charge is 0.491 e. The van der Waals surface area contributed by atoms with Crippen LogP contribution in [0.15, 0.2) is 59.6 Å². The summed E-state index contributed by atoms with van der Waals surface area (Å²) in [7, 11) is -2.55. The maximum atomic E-state index is 13.7. The third kappa shape index (κ3) is 5.44. The number of morpholine rings is 1. The molecule has 1 saturated heterocycles. The first-order chi connectivity index (χ1) is 18.7. The lowest BCUT2D eigenvalue weighted by Crippen LogP contribution is -2.47. The summed E-state index contributed by atoms with van der Waals surface area (Å²) in [6.07, 6.45) is 1.20. The lowest BCUT2D eigenvalue weighted by atomic mass is 10.0. The zero-order valence-corrected chi connectivity index (χ0v) is 22.9. The molecule has 5 rings (SSSR count). The summed E-state index contributed by atoms with van der Waals surface area (Å²) in [5, 5.41) is 0.640. The van der Waals surface area contributed by atoms with E-state index in [9.17, 15) is 13.2 Å². The number of fused-ring (bicyclic) bond motifs is 1. The van der Waals surface area contributed by atoms with Crippen molar-refractivity contribution in [1.82, 2.24) is 14.3 Å². The van der Waals surface area contributed by atoms with Crippen molar-refractivity contribution < 1.29 is 27.4 Å². The Morgan fingerprint density at radius 3 is 2.77 bits per heavy atom. The highest BCUT2D eigenvalue weighted by Crippen LogP contribution is 2.33. The molecule has 2 aromatic carbocycles. The Balaban J connectivity index is 1.34. The number of hydrogen-bond donors (Lipinski definition) is 2. The van der Waals surface area contributed by atoms with Crippen LogP contribution in [-0.2, 0) is 14.8 Å². The van der Waals surface area contributed by atoms with Gasteiger partial charge < -0.3 is 24.9 Å². The molecule has 39 heavy (non-hydrogen) atoms. The minimum atomic E-state index is -4.12. The topological polar surface area (TPSA) is 137 Å². The number of aryl methyl sites for hydroxylation is 1. The molecule has 0 saturated carbocycles. The van der Waals surface area contributed by atoms with Crippen LogP contribution in [0.4, 0.5) is 0 Å². The summed E-state index contributed by atoms with van der Waals surface area (Å²) in [4.78, 5) is 19.0. The number of nitrogens with zero attached hydrogens (tertiary/aromatic N) is 2. The fourth-order valence-electron chi connectivity index (χ4n) is 4.57. The third-order valence-electron chi connectivity index (χ3n) is 6.56. The lowest BCUT2D eigenvalue weighted by Gasteiger charge is -2.32. The second-order valence-corrected chi connectivity index (χ2v) is 11.4. The maximum absolute atomic E-state index is 13.7. The normalized spacial score (nSPS) is 16.3. The summed E-state index contributed by atoms with van der Waals surface area (Å²) in [5.74, 6) is 0.255. The number of primary amides is 1. The number of nitrogens with one attached hydrogen (secondary N) is 1. The highest BCUT2D eigenvalue weighted by molar-refractivity contribution is 7.89. The second-order valence-electron chi connectivity index (χ2n) is 9.12. The molecule has 1 aliphatic rings. The van der Waals surface area contributed by atoms with E-state index in [0.29, 0.717) is 27.6 Å². The first kappa shape index (κ1) is 26.9. The number of carbonyl (C=O) groups excluding carboxylic acids is 1. The predicted octanol–water partition coefficient (Wildman–Crippen LogP) is 3.77. The van der Waals surface area contributed by atoms with Crippen molar-refractivity contribution in [2.24, 2.45) is 5.73 Å². The van der Waals surface area contributed by atoms with E-state index in [-0.39, 0.29) is 36.9 Å². The quantitative estimate of drug-likeness (QED) is 0.329.